The number of hydrogen-bond acceptors (Lipinski definition) is 7. The van der Waals surface area contributed by atoms with Gasteiger partial charge < -0.3 is 0 Å². The van der Waals surface area contributed by atoms with E-state index in [1.165, 1.54) is 66.5 Å². The van der Waals surface area contributed by atoms with Crippen molar-refractivity contribution in [1.29, 1.82) is 0 Å². The summed E-state index contributed by atoms with van der Waals surface area (Å²) in [5.74, 6) is 5.20. The monoisotopic (exact) mass is 1060 g/mol. The number of fused-ring (bicyclic) bond motifs is 6. The molecular weight excluding hydrogens is 1020 g/mol. The Balaban J connectivity index is 0.987. The van der Waals surface area contributed by atoms with Gasteiger partial charge >= 0.3 is 6.18 Å². The maximum Gasteiger partial charge on any atom is 0.416 e. The third kappa shape index (κ3) is 7.44. The molecule has 7 nitrogen and oxygen atoms in total. The van der Waals surface area contributed by atoms with Crippen LogP contribution in [0, 0.1) is 30.2 Å². The van der Waals surface area contributed by atoms with E-state index in [9.17, 15) is 13.2 Å². The van der Waals surface area contributed by atoms with Crippen molar-refractivity contribution in [2.45, 2.75) is 43.7 Å². The molecule has 11 aromatic rings. The van der Waals surface area contributed by atoms with Gasteiger partial charge in [0.15, 0.2) is 40.6 Å². The molecule has 5 aliphatic rings. The lowest BCUT2D eigenvalue weighted by Crippen LogP contribution is -2.55. The topological polar surface area (TPSA) is 81.7 Å². The van der Waals surface area contributed by atoms with Gasteiger partial charge in [0.05, 0.1) is 12.1 Å². The summed E-state index contributed by atoms with van der Waals surface area (Å²) in [6.45, 7) is 7.64. The quantitative estimate of drug-likeness (QED) is 0.148. The van der Waals surface area contributed by atoms with Gasteiger partial charge in [0.25, 0.3) is 0 Å². The van der Waals surface area contributed by atoms with Crippen molar-refractivity contribution in [3.63, 3.8) is 0 Å². The van der Waals surface area contributed by atoms with Gasteiger partial charge in [-0.2, -0.15) is 13.2 Å². The summed E-state index contributed by atoms with van der Waals surface area (Å²) in [4.78, 5) is 34.4. The van der Waals surface area contributed by atoms with E-state index >= 15 is 0 Å². The molecule has 376 valence electrons. The predicted molar refractivity (Wildman–Crippen MR) is 304 cm³/mol. The fraction of sp³-hybridized carbons (Fsp3) is 0.167. The molecule has 5 aliphatic carbocycles. The second-order valence-electron chi connectivity index (χ2n) is 21.3. The minimum absolute atomic E-state index is 0.0871. The summed E-state index contributed by atoms with van der Waals surface area (Å²) in [6, 6.07) is 56.1. The zero-order valence-corrected chi connectivity index (χ0v) is 43.2. The Hall–Kier alpha value is -8.43. The summed E-state index contributed by atoms with van der Waals surface area (Å²) in [7, 11) is 0. The average Bonchev–Trinajstić information content (AvgIpc) is 2.93. The van der Waals surface area contributed by atoms with E-state index in [0.29, 0.717) is 57.2 Å². The molecule has 4 bridgehead atoms. The first-order valence-electron chi connectivity index (χ1n) is 26.3. The van der Waals surface area contributed by atoms with Crippen molar-refractivity contribution >= 4 is 48.8 Å². The van der Waals surface area contributed by atoms with Crippen molar-refractivity contribution in [1.82, 2.24) is 29.9 Å². The van der Waals surface area contributed by atoms with Gasteiger partial charge in [0.1, 0.15) is 0 Å². The predicted octanol–water partition coefficient (Wildman–Crippen LogP) is 18.0. The van der Waals surface area contributed by atoms with Crippen molar-refractivity contribution < 1.29 is 13.2 Å². The van der Waals surface area contributed by atoms with Crippen LogP contribution in [-0.2, 0) is 11.6 Å². The van der Waals surface area contributed by atoms with Gasteiger partial charge in [0.2, 0.25) is 0 Å². The smallest absolute Gasteiger partial charge is 0.238 e. The van der Waals surface area contributed by atoms with Gasteiger partial charge in [-0.1, -0.05) is 133 Å². The van der Waals surface area contributed by atoms with Crippen LogP contribution in [0.3, 0.4) is 0 Å². The SMILES string of the molecule is [C-]#[N+]c1ccc(-c2nc(-c3ccc(Cl)cc3)nc(-c3ccc4c(sc5cccc(-c6nc(-c7ccccc7)nc(-c7ccc(C(F)(F)F)cc7)n6)c54)c3-c3ccc4c(c3)C3(c5ccccc5-4)C4CC5CC(C4)CC3C5)n2)cc1. The molecule has 0 aliphatic heterocycles. The molecule has 16 rings (SSSR count). The van der Waals surface area contributed by atoms with Gasteiger partial charge in [-0.15, -0.1) is 11.3 Å². The molecule has 0 N–H and O–H groups in total. The maximum atomic E-state index is 13.8. The number of nitrogens with zero attached hydrogens (tertiary/aromatic N) is 7. The van der Waals surface area contributed by atoms with E-state index in [1.807, 2.05) is 78.9 Å². The fourth-order valence-electron chi connectivity index (χ4n) is 14.0. The molecular formula is C66H43ClF3N7S. The largest absolute Gasteiger partial charge is 0.416 e. The summed E-state index contributed by atoms with van der Waals surface area (Å²) >= 11 is 8.13. The van der Waals surface area contributed by atoms with Gasteiger partial charge in [-0.25, -0.2) is 34.7 Å². The summed E-state index contributed by atoms with van der Waals surface area (Å²) in [6.07, 6.45) is 1.89. The van der Waals surface area contributed by atoms with E-state index in [-0.39, 0.29) is 11.2 Å². The third-order valence-electron chi connectivity index (χ3n) is 17.1. The molecule has 0 saturated heterocycles. The molecule has 8 aromatic carbocycles. The molecule has 12 heteroatoms. The number of aromatic nitrogens is 6. The Bertz CT molecular complexity index is 4260. The summed E-state index contributed by atoms with van der Waals surface area (Å²) in [5, 5.41) is 2.52. The van der Waals surface area contributed by atoms with Crippen LogP contribution in [0.25, 0.3) is 116 Å². The van der Waals surface area contributed by atoms with Crippen LogP contribution in [0.15, 0.2) is 176 Å². The lowest BCUT2D eigenvalue weighted by Gasteiger charge is -2.61. The Morgan fingerprint density at radius 3 is 1.63 bits per heavy atom. The van der Waals surface area contributed by atoms with Gasteiger partial charge in [-0.05, 0) is 138 Å². The zero-order chi connectivity index (χ0) is 52.4. The molecule has 4 saturated carbocycles. The first-order chi connectivity index (χ1) is 38.1. The van der Waals surface area contributed by atoms with Crippen molar-refractivity contribution in [2.75, 3.05) is 0 Å². The minimum atomic E-state index is -4.50. The van der Waals surface area contributed by atoms with Crippen LogP contribution in [0.1, 0.15) is 48.8 Å². The Morgan fingerprint density at radius 1 is 0.487 bits per heavy atom. The molecule has 0 amide bonds. The number of halogens is 4. The van der Waals surface area contributed by atoms with Crippen LogP contribution < -0.4 is 0 Å². The third-order valence-corrected chi connectivity index (χ3v) is 18.6. The van der Waals surface area contributed by atoms with Crippen LogP contribution in [0.2, 0.25) is 5.02 Å². The standard InChI is InChI=1S/C66H43ClF3N7S/c1-71-47-25-18-41(19-26-47)62-73-61(40-16-23-46(67)24-17-40)76-64(77-62)52-29-28-50-57-51(63-74-59(38-8-3-2-4-9-38)72-60(75-63)39-14-21-43(22-15-39)66(68,69)70)11-7-13-55(57)78-58(50)56(52)42-20-27-49-48-10-5-6-12-53(48)65(54(49)35-42)44-31-36-30-37(33-44)34-45(65)32-36/h2-29,35-37,44-45H,30-34H2. The number of benzene rings is 8. The van der Waals surface area contributed by atoms with Crippen LogP contribution >= 0.6 is 22.9 Å². The second-order valence-corrected chi connectivity index (χ2v) is 22.8. The van der Waals surface area contributed by atoms with E-state index in [4.69, 9.17) is 48.1 Å². The minimum Gasteiger partial charge on any atom is -0.238 e. The lowest BCUT2D eigenvalue weighted by molar-refractivity contribution is -0.137. The van der Waals surface area contributed by atoms with E-state index in [0.717, 1.165) is 83.1 Å². The summed E-state index contributed by atoms with van der Waals surface area (Å²) < 4.78 is 43.5. The van der Waals surface area contributed by atoms with Crippen LogP contribution in [0.5, 0.6) is 0 Å². The fourth-order valence-corrected chi connectivity index (χ4v) is 15.5. The van der Waals surface area contributed by atoms with Crippen molar-refractivity contribution in [2.24, 2.45) is 23.7 Å². The lowest BCUT2D eigenvalue weighted by atomic mass is 9.43. The number of thiophene rings is 1. The van der Waals surface area contributed by atoms with Crippen molar-refractivity contribution in [3.8, 4) is 90.6 Å². The Morgan fingerprint density at radius 2 is 1.00 bits per heavy atom. The molecule has 0 unspecified atom stereocenters. The molecule has 3 heterocycles. The molecule has 0 radical (unpaired) electrons. The highest BCUT2D eigenvalue weighted by Crippen LogP contribution is 2.69. The summed E-state index contributed by atoms with van der Waals surface area (Å²) in [5.41, 5.74) is 11.6. The van der Waals surface area contributed by atoms with Gasteiger partial charge in [0, 0.05) is 69.6 Å². The number of hydrogen-bond donors (Lipinski definition) is 0. The van der Waals surface area contributed by atoms with E-state index in [1.54, 1.807) is 23.5 Å². The first-order valence-corrected chi connectivity index (χ1v) is 27.5. The van der Waals surface area contributed by atoms with Gasteiger partial charge in [-0.3, -0.25) is 0 Å². The van der Waals surface area contributed by atoms with E-state index < -0.39 is 11.7 Å². The molecule has 1 spiro atoms. The van der Waals surface area contributed by atoms with Crippen LogP contribution in [-0.4, -0.2) is 29.9 Å². The molecule has 0 atom stereocenters. The number of rotatable bonds is 7. The first kappa shape index (κ1) is 46.8. The normalized spacial score (nSPS) is 19.8. The Kier molecular flexibility index (Phi) is 10.7. The molecule has 78 heavy (non-hydrogen) atoms. The highest BCUT2D eigenvalue weighted by Gasteiger charge is 2.61. The van der Waals surface area contributed by atoms with E-state index in [2.05, 4.69) is 65.5 Å². The highest BCUT2D eigenvalue weighted by molar-refractivity contribution is 7.26. The Labute approximate surface area is 456 Å². The second kappa shape index (κ2) is 17.8. The maximum absolute atomic E-state index is 13.8. The highest BCUT2D eigenvalue weighted by atomic mass is 35.5. The molecule has 3 aromatic heterocycles. The van der Waals surface area contributed by atoms with Crippen LogP contribution in [0.4, 0.5) is 18.9 Å². The van der Waals surface area contributed by atoms with Crippen molar-refractivity contribution in [3.05, 3.63) is 209 Å². The average molecular weight is 1060 g/mol. The zero-order valence-electron chi connectivity index (χ0n) is 41.6. The molecule has 4 fully saturated rings. The number of alkyl halides is 3.